The third-order valence-electron chi connectivity index (χ3n) is 5.13. The number of carbonyl (C=O) groups is 1. The number of anilines is 1. The van der Waals surface area contributed by atoms with Crippen LogP contribution in [0.2, 0.25) is 0 Å². The Kier molecular flexibility index (Phi) is 6.11. The molecule has 3 aromatic heterocycles. The van der Waals surface area contributed by atoms with E-state index in [9.17, 15) is 14.8 Å². The number of fused-ring (bicyclic) bond motifs is 1. The van der Waals surface area contributed by atoms with Gasteiger partial charge in [0.1, 0.15) is 6.54 Å². The fourth-order valence-corrected chi connectivity index (χ4v) is 3.36. The van der Waals surface area contributed by atoms with Crippen LogP contribution in [0.3, 0.4) is 0 Å². The van der Waals surface area contributed by atoms with E-state index in [2.05, 4.69) is 25.8 Å². The highest BCUT2D eigenvalue weighted by Crippen LogP contribution is 2.12. The summed E-state index contributed by atoms with van der Waals surface area (Å²) >= 11 is 0. The molecule has 0 unspecified atom stereocenters. The first-order chi connectivity index (χ1) is 15.5. The summed E-state index contributed by atoms with van der Waals surface area (Å²) in [4.78, 5) is 29.4. The summed E-state index contributed by atoms with van der Waals surface area (Å²) in [5.74, 6) is -0.140. The van der Waals surface area contributed by atoms with Crippen LogP contribution in [-0.2, 0) is 24.3 Å². The zero-order chi connectivity index (χ0) is 22.5. The van der Waals surface area contributed by atoms with Crippen LogP contribution in [0.1, 0.15) is 17.0 Å². The maximum absolute atomic E-state index is 12.8. The van der Waals surface area contributed by atoms with Crippen molar-refractivity contribution in [3.8, 4) is 0 Å². The van der Waals surface area contributed by atoms with Gasteiger partial charge in [-0.05, 0) is 24.6 Å². The average Bonchev–Trinajstić information content (AvgIpc) is 3.26. The van der Waals surface area contributed by atoms with Gasteiger partial charge in [-0.25, -0.2) is 4.98 Å². The van der Waals surface area contributed by atoms with E-state index in [0.29, 0.717) is 30.9 Å². The minimum atomic E-state index is -0.386. The van der Waals surface area contributed by atoms with Crippen LogP contribution >= 0.6 is 0 Å². The molecule has 10 heteroatoms. The average molecular weight is 433 g/mol. The Morgan fingerprint density at radius 2 is 2.12 bits per heavy atom. The van der Waals surface area contributed by atoms with Gasteiger partial charge < -0.3 is 15.8 Å². The van der Waals surface area contributed by atoms with Gasteiger partial charge in [0.05, 0.1) is 18.1 Å². The van der Waals surface area contributed by atoms with Gasteiger partial charge in [0, 0.05) is 42.5 Å². The van der Waals surface area contributed by atoms with Gasteiger partial charge in [-0.15, -0.1) is 0 Å². The summed E-state index contributed by atoms with van der Waals surface area (Å²) in [5.41, 5.74) is 2.64. The number of pyridine rings is 1. The Bertz CT molecular complexity index is 1310. The predicted molar refractivity (Wildman–Crippen MR) is 119 cm³/mol. The molecule has 4 rings (SSSR count). The lowest BCUT2D eigenvalue weighted by Crippen LogP contribution is -2.35. The van der Waals surface area contributed by atoms with E-state index in [-0.39, 0.29) is 23.8 Å². The van der Waals surface area contributed by atoms with Crippen LogP contribution in [0.25, 0.3) is 10.9 Å². The molecular formula is C22H23N7O3. The molecule has 0 fully saturated rings. The number of amides is 1. The van der Waals surface area contributed by atoms with Crippen molar-refractivity contribution in [3.05, 3.63) is 87.5 Å². The van der Waals surface area contributed by atoms with Crippen LogP contribution in [0.5, 0.6) is 0 Å². The van der Waals surface area contributed by atoms with E-state index in [1.54, 1.807) is 37.5 Å². The first kappa shape index (κ1) is 21.0. The lowest BCUT2D eigenvalue weighted by Gasteiger charge is -2.12. The maximum atomic E-state index is 12.8. The van der Waals surface area contributed by atoms with E-state index in [1.807, 2.05) is 18.2 Å². The molecule has 1 amide bonds. The SMILES string of the molecule is Cc1cnc(NCCc2cccc[n+]2[O-])c(=O)n1CC(=O)NCc1ccc2[nH]ncc2c1. The smallest absolute Gasteiger partial charge is 0.293 e. The summed E-state index contributed by atoms with van der Waals surface area (Å²) in [7, 11) is 0. The number of aryl methyl sites for hydroxylation is 1. The predicted octanol–water partition coefficient (Wildman–Crippen LogP) is 1.03. The number of aromatic amines is 1. The van der Waals surface area contributed by atoms with Crippen molar-refractivity contribution in [2.24, 2.45) is 0 Å². The van der Waals surface area contributed by atoms with Crippen molar-refractivity contribution in [2.75, 3.05) is 11.9 Å². The van der Waals surface area contributed by atoms with Gasteiger partial charge in [0.25, 0.3) is 5.56 Å². The summed E-state index contributed by atoms with van der Waals surface area (Å²) in [6, 6.07) is 10.9. The number of aromatic nitrogens is 5. The summed E-state index contributed by atoms with van der Waals surface area (Å²) < 4.78 is 2.16. The second-order valence-electron chi connectivity index (χ2n) is 7.40. The van der Waals surface area contributed by atoms with Crippen molar-refractivity contribution >= 4 is 22.6 Å². The van der Waals surface area contributed by atoms with E-state index in [4.69, 9.17) is 0 Å². The normalized spacial score (nSPS) is 10.9. The lowest BCUT2D eigenvalue weighted by molar-refractivity contribution is -0.613. The number of H-pyrrole nitrogens is 1. The zero-order valence-corrected chi connectivity index (χ0v) is 17.5. The Hall–Kier alpha value is -4.21. The fourth-order valence-electron chi connectivity index (χ4n) is 3.36. The summed E-state index contributed by atoms with van der Waals surface area (Å²) in [5, 5.41) is 25.4. The monoisotopic (exact) mass is 433 g/mol. The molecule has 3 heterocycles. The second-order valence-corrected chi connectivity index (χ2v) is 7.40. The first-order valence-corrected chi connectivity index (χ1v) is 10.2. The van der Waals surface area contributed by atoms with Gasteiger partial charge >= 0.3 is 0 Å². The highest BCUT2D eigenvalue weighted by Gasteiger charge is 2.12. The number of hydrogen-bond acceptors (Lipinski definition) is 6. The van der Waals surface area contributed by atoms with Crippen molar-refractivity contribution in [1.82, 2.24) is 25.1 Å². The number of carbonyl (C=O) groups excluding carboxylic acids is 1. The molecule has 164 valence electrons. The molecule has 4 aromatic rings. The molecule has 0 bridgehead atoms. The van der Waals surface area contributed by atoms with Gasteiger partial charge in [-0.3, -0.25) is 19.3 Å². The standard InChI is InChI=1S/C22H23N7O3/c1-15-11-25-21(23-8-7-18-4-2-3-9-29(18)32)22(31)28(15)14-20(30)24-12-16-5-6-19-17(10-16)13-26-27-19/h2-6,9-11,13H,7-8,12,14H2,1H3,(H,23,25)(H,24,30)(H,26,27). The van der Waals surface area contributed by atoms with Crippen molar-refractivity contribution in [2.45, 2.75) is 26.4 Å². The van der Waals surface area contributed by atoms with Crippen LogP contribution in [0.15, 0.2) is 59.8 Å². The van der Waals surface area contributed by atoms with Crippen LogP contribution in [0, 0.1) is 12.1 Å². The molecule has 0 spiro atoms. The minimum Gasteiger partial charge on any atom is -0.619 e. The van der Waals surface area contributed by atoms with Gasteiger partial charge in [0.2, 0.25) is 5.91 Å². The Morgan fingerprint density at radius 1 is 1.25 bits per heavy atom. The van der Waals surface area contributed by atoms with E-state index < -0.39 is 0 Å². The Labute approximate surface area is 183 Å². The Balaban J connectivity index is 1.37. The lowest BCUT2D eigenvalue weighted by atomic mass is 10.1. The van der Waals surface area contributed by atoms with Crippen LogP contribution < -0.4 is 20.9 Å². The highest BCUT2D eigenvalue weighted by molar-refractivity contribution is 5.79. The molecule has 0 saturated heterocycles. The molecule has 0 saturated carbocycles. The maximum Gasteiger partial charge on any atom is 0.293 e. The van der Waals surface area contributed by atoms with E-state index >= 15 is 0 Å². The minimum absolute atomic E-state index is 0.116. The molecule has 10 nitrogen and oxygen atoms in total. The van der Waals surface area contributed by atoms with Gasteiger partial charge in [-0.2, -0.15) is 9.83 Å². The van der Waals surface area contributed by atoms with Crippen LogP contribution in [-0.4, -0.2) is 32.2 Å². The number of nitrogens with zero attached hydrogens (tertiary/aromatic N) is 4. The quantitative estimate of drug-likeness (QED) is 0.281. The van der Waals surface area contributed by atoms with Crippen molar-refractivity contribution in [3.63, 3.8) is 0 Å². The van der Waals surface area contributed by atoms with E-state index in [1.165, 1.54) is 10.8 Å². The molecule has 3 N–H and O–H groups in total. The van der Waals surface area contributed by atoms with Crippen molar-refractivity contribution < 1.29 is 9.52 Å². The summed E-state index contributed by atoms with van der Waals surface area (Å²) in [6.45, 7) is 2.31. The molecule has 0 aliphatic carbocycles. The molecule has 32 heavy (non-hydrogen) atoms. The third-order valence-corrected chi connectivity index (χ3v) is 5.13. The van der Waals surface area contributed by atoms with Crippen LogP contribution in [0.4, 0.5) is 5.82 Å². The molecule has 1 aromatic carbocycles. The second kappa shape index (κ2) is 9.29. The highest BCUT2D eigenvalue weighted by atomic mass is 16.5. The van der Waals surface area contributed by atoms with Gasteiger partial charge in [-0.1, -0.05) is 12.1 Å². The molecule has 0 aliphatic heterocycles. The number of hydrogen-bond donors (Lipinski definition) is 3. The number of rotatable bonds is 8. The largest absolute Gasteiger partial charge is 0.619 e. The van der Waals surface area contributed by atoms with E-state index in [0.717, 1.165) is 21.2 Å². The van der Waals surface area contributed by atoms with Crippen molar-refractivity contribution in [1.29, 1.82) is 0 Å². The Morgan fingerprint density at radius 3 is 2.97 bits per heavy atom. The molecule has 0 atom stereocenters. The third kappa shape index (κ3) is 4.75. The number of nitrogens with one attached hydrogen (secondary N) is 3. The molecule has 0 radical (unpaired) electrons. The van der Waals surface area contributed by atoms with Gasteiger partial charge in [0.15, 0.2) is 17.7 Å². The summed E-state index contributed by atoms with van der Waals surface area (Å²) in [6.07, 6.45) is 5.13. The molecular weight excluding hydrogens is 410 g/mol. The topological polar surface area (TPSA) is 132 Å². The molecule has 0 aliphatic rings. The number of benzene rings is 1. The zero-order valence-electron chi connectivity index (χ0n) is 17.5. The fraction of sp³-hybridized carbons (Fsp3) is 0.227. The first-order valence-electron chi connectivity index (χ1n) is 10.2.